The van der Waals surface area contributed by atoms with Crippen molar-refractivity contribution in [2.45, 2.75) is 19.4 Å². The first kappa shape index (κ1) is 6.70. The summed E-state index contributed by atoms with van der Waals surface area (Å²) in [6.07, 6.45) is 1.34. The quantitative estimate of drug-likeness (QED) is 0.340. The van der Waals surface area contributed by atoms with Gasteiger partial charge in [0, 0.05) is 0 Å². The Bertz CT molecular complexity index is 19.5. The molecule has 0 amide bonds. The zero-order chi connectivity index (χ0) is 4.83. The third-order valence-corrected chi connectivity index (χ3v) is 2.75. The minimum atomic E-state index is 1.13. The summed E-state index contributed by atoms with van der Waals surface area (Å²) in [5, 5.41) is 0. The molecule has 0 heterocycles. The maximum absolute atomic E-state index is 3.36. The van der Waals surface area contributed by atoms with Crippen molar-refractivity contribution in [3.63, 3.8) is 0 Å². The maximum Gasteiger partial charge on any atom is 0.0515 e. The van der Waals surface area contributed by atoms with Gasteiger partial charge >= 0.3 is 0 Å². The second kappa shape index (κ2) is 5.70. The average molecular weight is 165 g/mol. The van der Waals surface area contributed by atoms with Crippen molar-refractivity contribution >= 4 is 25.4 Å². The lowest BCUT2D eigenvalue weighted by Crippen LogP contribution is -1.86. The molecule has 36 valence electrons. The van der Waals surface area contributed by atoms with Crippen LogP contribution in [-0.4, -0.2) is 14.5 Å². The second-order valence-corrected chi connectivity index (χ2v) is 4.08. The van der Waals surface area contributed by atoms with Crippen LogP contribution >= 0.6 is 15.9 Å². The molecule has 0 saturated heterocycles. The maximum atomic E-state index is 3.36. The Morgan fingerprint density at radius 1 is 1.67 bits per heavy atom. The van der Waals surface area contributed by atoms with Gasteiger partial charge in [0.1, 0.15) is 0 Å². The molecule has 0 saturated carbocycles. The number of hydrogen-bond acceptors (Lipinski definition) is 0. The van der Waals surface area contributed by atoms with Crippen molar-refractivity contribution in [3.8, 4) is 0 Å². The van der Waals surface area contributed by atoms with Crippen LogP contribution in [-0.2, 0) is 0 Å². The van der Waals surface area contributed by atoms with Crippen LogP contribution in [0.5, 0.6) is 0 Å². The van der Waals surface area contributed by atoms with Gasteiger partial charge in [0.05, 0.1) is 9.52 Å². The minimum absolute atomic E-state index is 1.13. The molecule has 0 fully saturated rings. The molecule has 6 heavy (non-hydrogen) atoms. The van der Waals surface area contributed by atoms with Gasteiger partial charge in [0.2, 0.25) is 0 Å². The van der Waals surface area contributed by atoms with Gasteiger partial charge in [-0.25, -0.2) is 0 Å². The van der Waals surface area contributed by atoms with Crippen LogP contribution in [0.2, 0.25) is 6.04 Å². The van der Waals surface area contributed by atoms with Crippen LogP contribution in [0.15, 0.2) is 0 Å². The zero-order valence-electron chi connectivity index (χ0n) is 4.00. The molecule has 0 aromatic rings. The van der Waals surface area contributed by atoms with E-state index in [4.69, 9.17) is 0 Å². The highest BCUT2D eigenvalue weighted by Gasteiger charge is 1.78. The van der Waals surface area contributed by atoms with Gasteiger partial charge in [-0.3, -0.25) is 0 Å². The fourth-order valence-electron chi connectivity index (χ4n) is 0.244. The third-order valence-electron chi connectivity index (χ3n) is 0.521. The normalized spacial score (nSPS) is 9.00. The van der Waals surface area contributed by atoms with Crippen LogP contribution in [0.3, 0.4) is 0 Å². The van der Waals surface area contributed by atoms with Gasteiger partial charge in [-0.15, -0.1) is 0 Å². The van der Waals surface area contributed by atoms with Crippen LogP contribution in [0.1, 0.15) is 13.3 Å². The Balaban J connectivity index is 2.34. The molecule has 0 unspecified atom stereocenters. The van der Waals surface area contributed by atoms with Crippen LogP contribution in [0.4, 0.5) is 0 Å². The van der Waals surface area contributed by atoms with Gasteiger partial charge in [-0.1, -0.05) is 35.3 Å². The topological polar surface area (TPSA) is 0 Å². The van der Waals surface area contributed by atoms with Crippen molar-refractivity contribution in [1.82, 2.24) is 0 Å². The standard InChI is InChI=1S/C4H9BrSi/c1-2-3-6-4-5/h2-4H2,1H3. The van der Waals surface area contributed by atoms with E-state index >= 15 is 0 Å². The van der Waals surface area contributed by atoms with E-state index in [0.717, 1.165) is 9.52 Å². The molecule has 2 radical (unpaired) electrons. The molecule has 0 aromatic carbocycles. The lowest BCUT2D eigenvalue weighted by atomic mass is 10.6. The van der Waals surface area contributed by atoms with Crippen LogP contribution in [0.25, 0.3) is 0 Å². The van der Waals surface area contributed by atoms with Gasteiger partial charge in [0.15, 0.2) is 0 Å². The lowest BCUT2D eigenvalue weighted by molar-refractivity contribution is 1.07. The molecule has 0 aliphatic carbocycles. The Morgan fingerprint density at radius 2 is 2.33 bits per heavy atom. The summed E-state index contributed by atoms with van der Waals surface area (Å²) in [6.45, 7) is 2.22. The molecule has 0 atom stereocenters. The second-order valence-electron chi connectivity index (χ2n) is 1.13. The minimum Gasteiger partial charge on any atom is -0.0967 e. The molecule has 0 rings (SSSR count). The molecule has 0 aromatic heterocycles. The van der Waals surface area contributed by atoms with Crippen molar-refractivity contribution < 1.29 is 0 Å². The summed E-state index contributed by atoms with van der Waals surface area (Å²) in [5.41, 5.74) is 0. The summed E-state index contributed by atoms with van der Waals surface area (Å²) in [5.74, 6) is 0. The number of halogens is 1. The highest BCUT2D eigenvalue weighted by Crippen LogP contribution is 1.86. The summed E-state index contributed by atoms with van der Waals surface area (Å²) >= 11 is 3.36. The Morgan fingerprint density at radius 3 is 2.50 bits per heavy atom. The molecular formula is C4H9BrSi. The summed E-state index contributed by atoms with van der Waals surface area (Å²) in [6, 6.07) is 1.39. The van der Waals surface area contributed by atoms with Crippen molar-refractivity contribution in [2.75, 3.05) is 4.95 Å². The molecule has 0 aliphatic rings. The molecule has 2 heteroatoms. The number of hydrogen-bond donors (Lipinski definition) is 0. The molecule has 0 N–H and O–H groups in total. The Kier molecular flexibility index (Phi) is 6.36. The Hall–Kier alpha value is 0.697. The third kappa shape index (κ3) is 4.70. The monoisotopic (exact) mass is 164 g/mol. The van der Waals surface area contributed by atoms with E-state index < -0.39 is 0 Å². The van der Waals surface area contributed by atoms with E-state index in [9.17, 15) is 0 Å². The van der Waals surface area contributed by atoms with Crippen molar-refractivity contribution in [2.24, 2.45) is 0 Å². The van der Waals surface area contributed by atoms with Gasteiger partial charge in [0.25, 0.3) is 0 Å². The van der Waals surface area contributed by atoms with Crippen molar-refractivity contribution in [3.05, 3.63) is 0 Å². The fourth-order valence-corrected chi connectivity index (χ4v) is 1.57. The summed E-state index contributed by atoms with van der Waals surface area (Å²) in [7, 11) is 1.13. The molecule has 0 nitrogen and oxygen atoms in total. The van der Waals surface area contributed by atoms with E-state index in [1.54, 1.807) is 0 Å². The summed E-state index contributed by atoms with van der Waals surface area (Å²) in [4.78, 5) is 1.20. The fraction of sp³-hybridized carbons (Fsp3) is 1.00. The van der Waals surface area contributed by atoms with Crippen LogP contribution < -0.4 is 0 Å². The van der Waals surface area contributed by atoms with E-state index in [0.29, 0.717) is 0 Å². The first-order valence-electron chi connectivity index (χ1n) is 2.18. The van der Waals surface area contributed by atoms with Crippen LogP contribution in [0, 0.1) is 0 Å². The number of alkyl halides is 1. The highest BCUT2D eigenvalue weighted by molar-refractivity contribution is 9.09. The first-order valence-corrected chi connectivity index (χ1v) is 4.72. The van der Waals surface area contributed by atoms with Crippen molar-refractivity contribution in [1.29, 1.82) is 0 Å². The van der Waals surface area contributed by atoms with Gasteiger partial charge in [-0.05, 0) is 4.95 Å². The predicted octanol–water partition coefficient (Wildman–Crippen LogP) is 1.87. The molecule has 0 aliphatic heterocycles. The first-order chi connectivity index (χ1) is 2.91. The Labute approximate surface area is 50.3 Å². The van der Waals surface area contributed by atoms with E-state index in [-0.39, 0.29) is 0 Å². The van der Waals surface area contributed by atoms with E-state index in [1.807, 2.05) is 0 Å². The van der Waals surface area contributed by atoms with E-state index in [2.05, 4.69) is 22.9 Å². The lowest BCUT2D eigenvalue weighted by Gasteiger charge is -1.83. The molecular weight excluding hydrogens is 156 g/mol. The number of rotatable bonds is 3. The van der Waals surface area contributed by atoms with Gasteiger partial charge in [-0.2, -0.15) is 0 Å². The SMILES string of the molecule is CCC[Si]CBr. The summed E-state index contributed by atoms with van der Waals surface area (Å²) < 4.78 is 0. The largest absolute Gasteiger partial charge is 0.0967 e. The predicted molar refractivity (Wildman–Crippen MR) is 34.6 cm³/mol. The average Bonchev–Trinajstić information content (AvgIpc) is 1.61. The highest BCUT2D eigenvalue weighted by atomic mass is 79.9. The molecule has 0 spiro atoms. The smallest absolute Gasteiger partial charge is 0.0515 e. The van der Waals surface area contributed by atoms with E-state index in [1.165, 1.54) is 17.4 Å². The van der Waals surface area contributed by atoms with Gasteiger partial charge < -0.3 is 0 Å². The molecule has 0 bridgehead atoms. The zero-order valence-corrected chi connectivity index (χ0v) is 6.59.